The summed E-state index contributed by atoms with van der Waals surface area (Å²) in [5.41, 5.74) is 8.46. The molecule has 460 valence electrons. The van der Waals surface area contributed by atoms with Gasteiger partial charge >= 0.3 is 15.2 Å². The van der Waals surface area contributed by atoms with Crippen molar-refractivity contribution in [1.29, 1.82) is 0 Å². The number of ether oxygens (including phenoxy) is 4. The highest BCUT2D eigenvalue weighted by molar-refractivity contribution is 7.62. The molecule has 0 N–H and O–H groups in total. The van der Waals surface area contributed by atoms with E-state index in [1.807, 2.05) is 79.7 Å². The minimum absolute atomic E-state index is 0.238. The molecular weight excluding hydrogens is 1110 g/mol. The highest BCUT2D eigenvalue weighted by Crippen LogP contribution is 2.53. The Morgan fingerprint density at radius 3 is 0.817 bits per heavy atom. The zero-order valence-corrected chi connectivity index (χ0v) is 55.8. The van der Waals surface area contributed by atoms with Crippen molar-refractivity contribution in [2.24, 2.45) is 0 Å². The molecule has 0 amide bonds. The van der Waals surface area contributed by atoms with Crippen LogP contribution in [0.3, 0.4) is 0 Å². The van der Waals surface area contributed by atoms with Gasteiger partial charge in [-0.25, -0.2) is 0 Å². The van der Waals surface area contributed by atoms with Crippen LogP contribution in [0.1, 0.15) is 253 Å². The van der Waals surface area contributed by atoms with Crippen LogP contribution in [0.4, 0.5) is 0 Å². The maximum absolute atomic E-state index is 15.4. The van der Waals surface area contributed by atoms with Crippen LogP contribution in [-0.2, 0) is 64.7 Å². The lowest BCUT2D eigenvalue weighted by Crippen LogP contribution is -2.20. The van der Waals surface area contributed by atoms with Gasteiger partial charge in [-0.1, -0.05) is 154 Å². The summed E-state index contributed by atoms with van der Waals surface area (Å²) in [7, 11) is -4.48. The third-order valence-corrected chi connectivity index (χ3v) is 20.0. The predicted molar refractivity (Wildman–Crippen MR) is 343 cm³/mol. The fraction of sp³-hybridized carbons (Fsp3) is 0.647. The van der Waals surface area contributed by atoms with Crippen LogP contribution in [0, 0.1) is 0 Å². The van der Waals surface area contributed by atoms with Gasteiger partial charge in [-0.15, -0.1) is 23.2 Å². The van der Waals surface area contributed by atoms with E-state index in [0.717, 1.165) is 94.2 Å². The standard InChI is InChI=1S/C68H104Cl2O10P2/c1-13-15-17-19-21-23-25-27-29-31-33-75-67-59-39-55-35-53(47-69)37-57(65(55)73-11)41-61-45-64(82(72,79-51(7)8)80-52(9)10)46-62(68(61)76-34-32-30-28-26-24-22-20-18-16-14-2)42-58-38-54(48-70)36-56(66(58)74-12)40-60(67)44-63(43-59)81(71,77-49(3)4)78-50(5)6/h35-38,43-46,49-52H,13-34,39-42,47-48H2,1-12H3. The van der Waals surface area contributed by atoms with Gasteiger partial charge < -0.3 is 37.0 Å². The zero-order chi connectivity index (χ0) is 59.7. The summed E-state index contributed by atoms with van der Waals surface area (Å²) in [5, 5.41) is 0.882. The van der Waals surface area contributed by atoms with Crippen LogP contribution in [0.25, 0.3) is 0 Å². The number of alkyl halides is 2. The van der Waals surface area contributed by atoms with E-state index in [0.29, 0.717) is 72.5 Å². The molecular formula is C68H104Cl2O10P2. The first-order valence-corrected chi connectivity index (χ1v) is 35.6. The largest absolute Gasteiger partial charge is 0.496 e. The van der Waals surface area contributed by atoms with Crippen molar-refractivity contribution in [3.8, 4) is 23.0 Å². The Morgan fingerprint density at radius 2 is 0.598 bits per heavy atom. The number of benzene rings is 4. The predicted octanol–water partition coefficient (Wildman–Crippen LogP) is 19.8. The fourth-order valence-corrected chi connectivity index (χ4v) is 15.7. The van der Waals surface area contributed by atoms with Gasteiger partial charge in [0.05, 0.1) is 62.5 Å². The zero-order valence-electron chi connectivity index (χ0n) is 52.5. The fourth-order valence-electron chi connectivity index (χ4n) is 11.3. The number of hydrogen-bond donors (Lipinski definition) is 0. The molecule has 0 unspecified atom stereocenters. The Kier molecular flexibility index (Phi) is 30.8. The molecule has 0 aliphatic heterocycles. The highest BCUT2D eigenvalue weighted by Gasteiger charge is 2.36. The lowest BCUT2D eigenvalue weighted by Gasteiger charge is -2.27. The Balaban J connectivity index is 1.77. The van der Waals surface area contributed by atoms with E-state index in [4.69, 9.17) is 60.2 Å². The number of unbranched alkanes of at least 4 members (excludes halogenated alkanes) is 18. The van der Waals surface area contributed by atoms with Gasteiger partial charge in [0.2, 0.25) is 0 Å². The third kappa shape index (κ3) is 21.7. The summed E-state index contributed by atoms with van der Waals surface area (Å²) >= 11 is 13.7. The second-order valence-electron chi connectivity index (χ2n) is 23.7. The lowest BCUT2D eigenvalue weighted by molar-refractivity contribution is 0.149. The van der Waals surface area contributed by atoms with Crippen molar-refractivity contribution < 1.29 is 46.2 Å². The van der Waals surface area contributed by atoms with E-state index in [9.17, 15) is 0 Å². The summed E-state index contributed by atoms with van der Waals surface area (Å²) in [6, 6.07) is 16.2. The maximum atomic E-state index is 15.4. The molecule has 0 fully saturated rings. The first kappa shape index (κ1) is 69.7. The van der Waals surface area contributed by atoms with Crippen molar-refractivity contribution in [2.75, 3.05) is 27.4 Å². The monoisotopic (exact) mass is 1210 g/mol. The Morgan fingerprint density at radius 1 is 0.366 bits per heavy atom. The number of rotatable bonds is 38. The lowest BCUT2D eigenvalue weighted by atomic mass is 9.90. The number of halogens is 2. The molecule has 5 rings (SSSR count). The van der Waals surface area contributed by atoms with Gasteiger partial charge in [0.15, 0.2) is 0 Å². The SMILES string of the molecule is CCCCCCCCCCCCOc1c2cc(P(=O)(OC(C)C)OC(C)C)cc1Cc1cc(CCl)cc(c1OC)Cc1cc(P(=O)(OC(C)C)OC(C)C)cc(c1OCCCCCCCCCCCC)Cc1cc(CCl)cc(c1OC)C2. The van der Waals surface area contributed by atoms with Crippen LogP contribution in [0.15, 0.2) is 48.5 Å². The second-order valence-corrected chi connectivity index (χ2v) is 28.1. The van der Waals surface area contributed by atoms with E-state index in [-0.39, 0.29) is 11.8 Å². The molecule has 0 saturated heterocycles. The van der Waals surface area contributed by atoms with Crippen LogP contribution in [0.2, 0.25) is 0 Å². The molecule has 10 nitrogen and oxygen atoms in total. The molecule has 4 aromatic carbocycles. The van der Waals surface area contributed by atoms with Gasteiger partial charge in [0.25, 0.3) is 0 Å². The maximum Gasteiger partial charge on any atom is 0.361 e. The van der Waals surface area contributed by atoms with E-state index < -0.39 is 39.6 Å². The molecule has 0 heterocycles. The van der Waals surface area contributed by atoms with E-state index in [2.05, 4.69) is 38.1 Å². The van der Waals surface area contributed by atoms with Crippen molar-refractivity contribution in [3.05, 3.63) is 104 Å². The van der Waals surface area contributed by atoms with Crippen molar-refractivity contribution in [3.63, 3.8) is 0 Å². The van der Waals surface area contributed by atoms with E-state index in [1.165, 1.54) is 89.9 Å². The Hall–Kier alpha value is -3.04. The van der Waals surface area contributed by atoms with E-state index in [1.54, 1.807) is 14.2 Å². The van der Waals surface area contributed by atoms with Gasteiger partial charge in [0, 0.05) is 37.4 Å². The van der Waals surface area contributed by atoms with Gasteiger partial charge in [-0.3, -0.25) is 9.13 Å². The molecule has 14 heteroatoms. The summed E-state index contributed by atoms with van der Waals surface area (Å²) < 4.78 is 83.5. The smallest absolute Gasteiger partial charge is 0.361 e. The second kappa shape index (κ2) is 36.2. The summed E-state index contributed by atoms with van der Waals surface area (Å²) in [5.74, 6) is 3.22. The molecule has 0 atom stereocenters. The minimum atomic E-state index is -3.94. The topological polar surface area (TPSA) is 108 Å². The van der Waals surface area contributed by atoms with E-state index >= 15 is 9.13 Å². The third-order valence-electron chi connectivity index (χ3n) is 14.8. The molecule has 0 radical (unpaired) electrons. The average Bonchev–Trinajstić information content (AvgIpc) is 3.30. The molecule has 0 spiro atoms. The number of hydrogen-bond acceptors (Lipinski definition) is 10. The summed E-state index contributed by atoms with van der Waals surface area (Å²) in [6.07, 6.45) is 23.8. The molecule has 82 heavy (non-hydrogen) atoms. The average molecular weight is 1210 g/mol. The molecule has 0 aromatic heterocycles. The van der Waals surface area contributed by atoms with Gasteiger partial charge in [-0.2, -0.15) is 0 Å². The quantitative estimate of drug-likeness (QED) is 0.0215. The number of fused-ring (bicyclic) bond motifs is 8. The Labute approximate surface area is 506 Å². The summed E-state index contributed by atoms with van der Waals surface area (Å²) in [6.45, 7) is 20.5. The van der Waals surface area contributed by atoms with Crippen molar-refractivity contribution in [2.45, 2.75) is 260 Å². The molecule has 0 saturated carbocycles. The molecule has 1 aliphatic rings. The first-order valence-electron chi connectivity index (χ1n) is 31.4. The van der Waals surface area contributed by atoms with Crippen LogP contribution in [-0.4, -0.2) is 51.8 Å². The molecule has 8 bridgehead atoms. The summed E-state index contributed by atoms with van der Waals surface area (Å²) in [4.78, 5) is 0. The highest BCUT2D eigenvalue weighted by atomic mass is 35.5. The normalized spacial score (nSPS) is 13.0. The van der Waals surface area contributed by atoms with Crippen LogP contribution in [0.5, 0.6) is 23.0 Å². The van der Waals surface area contributed by atoms with Crippen LogP contribution >= 0.6 is 38.4 Å². The van der Waals surface area contributed by atoms with Crippen molar-refractivity contribution >= 4 is 49.0 Å². The molecule has 1 aliphatic carbocycles. The van der Waals surface area contributed by atoms with Crippen molar-refractivity contribution in [1.82, 2.24) is 0 Å². The first-order chi connectivity index (χ1) is 39.4. The van der Waals surface area contributed by atoms with Gasteiger partial charge in [0.1, 0.15) is 23.0 Å². The molecule has 4 aromatic rings. The minimum Gasteiger partial charge on any atom is -0.496 e. The van der Waals surface area contributed by atoms with Gasteiger partial charge in [-0.05, 0) is 148 Å². The van der Waals surface area contributed by atoms with Crippen LogP contribution < -0.4 is 29.6 Å². The number of methoxy groups -OCH3 is 2. The Bertz CT molecular complexity index is 2350.